The number of aryl methyl sites for hydroxylation is 1. The molecule has 0 saturated carbocycles. The second-order valence-electron chi connectivity index (χ2n) is 5.44. The Bertz CT molecular complexity index is 375. The van der Waals surface area contributed by atoms with Gasteiger partial charge in [0.2, 0.25) is 0 Å². The summed E-state index contributed by atoms with van der Waals surface area (Å²) in [7, 11) is 0. The van der Waals surface area contributed by atoms with E-state index in [0.717, 1.165) is 31.1 Å². The monoisotopic (exact) mass is 233 g/mol. The topological polar surface area (TPSA) is 23.5 Å². The second-order valence-corrected chi connectivity index (χ2v) is 5.44. The van der Waals surface area contributed by atoms with Crippen molar-refractivity contribution in [3.05, 3.63) is 29.3 Å². The Labute approximate surface area is 104 Å². The van der Waals surface area contributed by atoms with E-state index < -0.39 is 0 Å². The highest BCUT2D eigenvalue weighted by molar-refractivity contribution is 5.35. The number of phenolic OH excluding ortho intramolecular Hbond substituents is 1. The Morgan fingerprint density at radius 1 is 1.29 bits per heavy atom. The first-order valence-electron chi connectivity index (χ1n) is 6.66. The van der Waals surface area contributed by atoms with Gasteiger partial charge in [-0.3, -0.25) is 4.90 Å². The maximum absolute atomic E-state index is 9.86. The minimum absolute atomic E-state index is 0.438. The minimum Gasteiger partial charge on any atom is -0.508 e. The number of rotatable bonds is 2. The van der Waals surface area contributed by atoms with E-state index in [1.165, 1.54) is 24.8 Å². The zero-order valence-corrected chi connectivity index (χ0v) is 10.9. The SMILES string of the molecule is Cc1ccc(O)c(CN2CCCC(C)CC2)c1. The molecule has 1 fully saturated rings. The molecule has 1 unspecified atom stereocenters. The molecule has 0 aromatic heterocycles. The molecule has 0 radical (unpaired) electrons. The number of phenols is 1. The lowest BCUT2D eigenvalue weighted by Gasteiger charge is -2.20. The van der Waals surface area contributed by atoms with Crippen LogP contribution in [-0.4, -0.2) is 23.1 Å². The zero-order chi connectivity index (χ0) is 12.3. The largest absolute Gasteiger partial charge is 0.508 e. The van der Waals surface area contributed by atoms with Crippen LogP contribution in [0, 0.1) is 12.8 Å². The van der Waals surface area contributed by atoms with Gasteiger partial charge in [0, 0.05) is 12.1 Å². The lowest BCUT2D eigenvalue weighted by atomic mass is 10.0. The van der Waals surface area contributed by atoms with Gasteiger partial charge in [-0.05, 0) is 51.3 Å². The van der Waals surface area contributed by atoms with Crippen molar-refractivity contribution in [1.29, 1.82) is 0 Å². The fraction of sp³-hybridized carbons (Fsp3) is 0.600. The van der Waals surface area contributed by atoms with E-state index in [1.807, 2.05) is 12.1 Å². The average Bonchev–Trinajstić information content (AvgIpc) is 2.49. The van der Waals surface area contributed by atoms with Crippen molar-refractivity contribution in [2.24, 2.45) is 5.92 Å². The van der Waals surface area contributed by atoms with Crippen molar-refractivity contribution in [3.63, 3.8) is 0 Å². The lowest BCUT2D eigenvalue weighted by Crippen LogP contribution is -2.24. The quantitative estimate of drug-likeness (QED) is 0.847. The van der Waals surface area contributed by atoms with Gasteiger partial charge < -0.3 is 5.11 Å². The molecule has 1 aromatic carbocycles. The fourth-order valence-electron chi connectivity index (χ4n) is 2.56. The first-order chi connectivity index (χ1) is 8.15. The van der Waals surface area contributed by atoms with E-state index in [9.17, 15) is 5.11 Å². The van der Waals surface area contributed by atoms with Crippen molar-refractivity contribution >= 4 is 0 Å². The van der Waals surface area contributed by atoms with Gasteiger partial charge >= 0.3 is 0 Å². The smallest absolute Gasteiger partial charge is 0.120 e. The molecule has 1 aliphatic heterocycles. The highest BCUT2D eigenvalue weighted by Crippen LogP contribution is 2.23. The molecule has 0 spiro atoms. The van der Waals surface area contributed by atoms with Crippen LogP contribution in [0.15, 0.2) is 18.2 Å². The van der Waals surface area contributed by atoms with Crippen LogP contribution in [0.25, 0.3) is 0 Å². The highest BCUT2D eigenvalue weighted by Gasteiger charge is 2.15. The summed E-state index contributed by atoms with van der Waals surface area (Å²) < 4.78 is 0. The summed E-state index contributed by atoms with van der Waals surface area (Å²) in [6.07, 6.45) is 3.91. The molecule has 1 saturated heterocycles. The predicted molar refractivity (Wildman–Crippen MR) is 71.1 cm³/mol. The van der Waals surface area contributed by atoms with Crippen LogP contribution in [-0.2, 0) is 6.54 Å². The molecule has 1 N–H and O–H groups in total. The van der Waals surface area contributed by atoms with E-state index in [0.29, 0.717) is 5.75 Å². The number of aromatic hydroxyl groups is 1. The van der Waals surface area contributed by atoms with E-state index in [4.69, 9.17) is 0 Å². The van der Waals surface area contributed by atoms with Gasteiger partial charge in [-0.15, -0.1) is 0 Å². The van der Waals surface area contributed by atoms with Crippen LogP contribution in [0.5, 0.6) is 5.75 Å². The number of nitrogens with zero attached hydrogens (tertiary/aromatic N) is 1. The molecular formula is C15H23NO. The van der Waals surface area contributed by atoms with Gasteiger partial charge in [0.25, 0.3) is 0 Å². The van der Waals surface area contributed by atoms with Crippen LogP contribution < -0.4 is 0 Å². The molecule has 0 amide bonds. The van der Waals surface area contributed by atoms with E-state index >= 15 is 0 Å². The molecule has 1 heterocycles. The van der Waals surface area contributed by atoms with E-state index in [1.54, 1.807) is 0 Å². The van der Waals surface area contributed by atoms with Crippen molar-refractivity contribution < 1.29 is 5.11 Å². The van der Waals surface area contributed by atoms with Crippen molar-refractivity contribution in [2.75, 3.05) is 13.1 Å². The average molecular weight is 233 g/mol. The zero-order valence-electron chi connectivity index (χ0n) is 10.9. The van der Waals surface area contributed by atoms with Crippen LogP contribution in [0.2, 0.25) is 0 Å². The van der Waals surface area contributed by atoms with Crippen molar-refractivity contribution in [3.8, 4) is 5.75 Å². The van der Waals surface area contributed by atoms with Gasteiger partial charge in [0.15, 0.2) is 0 Å². The van der Waals surface area contributed by atoms with Gasteiger partial charge in [0.05, 0.1) is 0 Å². The van der Waals surface area contributed by atoms with Crippen LogP contribution in [0.4, 0.5) is 0 Å². The molecule has 17 heavy (non-hydrogen) atoms. The molecule has 94 valence electrons. The van der Waals surface area contributed by atoms with E-state index in [2.05, 4.69) is 24.8 Å². The van der Waals surface area contributed by atoms with Crippen LogP contribution >= 0.6 is 0 Å². The number of hydrogen-bond donors (Lipinski definition) is 1. The maximum Gasteiger partial charge on any atom is 0.120 e. The lowest BCUT2D eigenvalue weighted by molar-refractivity contribution is 0.269. The third kappa shape index (κ3) is 3.47. The highest BCUT2D eigenvalue weighted by atomic mass is 16.3. The minimum atomic E-state index is 0.438. The summed E-state index contributed by atoms with van der Waals surface area (Å²) in [6, 6.07) is 5.87. The molecule has 0 bridgehead atoms. The molecular weight excluding hydrogens is 210 g/mol. The Hall–Kier alpha value is -1.02. The number of benzene rings is 1. The van der Waals surface area contributed by atoms with Crippen molar-refractivity contribution in [2.45, 2.75) is 39.7 Å². The van der Waals surface area contributed by atoms with Crippen molar-refractivity contribution in [1.82, 2.24) is 4.90 Å². The van der Waals surface area contributed by atoms with Crippen LogP contribution in [0.3, 0.4) is 0 Å². The third-order valence-corrected chi connectivity index (χ3v) is 3.74. The Kier molecular flexibility index (Phi) is 4.06. The first-order valence-corrected chi connectivity index (χ1v) is 6.66. The maximum atomic E-state index is 9.86. The fourth-order valence-corrected chi connectivity index (χ4v) is 2.56. The Morgan fingerprint density at radius 3 is 2.94 bits per heavy atom. The number of hydrogen-bond acceptors (Lipinski definition) is 2. The third-order valence-electron chi connectivity index (χ3n) is 3.74. The van der Waals surface area contributed by atoms with Crippen LogP contribution in [0.1, 0.15) is 37.3 Å². The summed E-state index contributed by atoms with van der Waals surface area (Å²) >= 11 is 0. The molecule has 2 heteroatoms. The molecule has 2 nitrogen and oxygen atoms in total. The molecule has 1 aliphatic rings. The normalized spacial score (nSPS) is 22.4. The Balaban J connectivity index is 2.02. The van der Waals surface area contributed by atoms with E-state index in [-0.39, 0.29) is 0 Å². The van der Waals surface area contributed by atoms with Gasteiger partial charge in [-0.2, -0.15) is 0 Å². The first kappa shape index (κ1) is 12.4. The summed E-state index contributed by atoms with van der Waals surface area (Å²) in [5.41, 5.74) is 2.29. The molecule has 2 rings (SSSR count). The summed E-state index contributed by atoms with van der Waals surface area (Å²) in [6.45, 7) is 7.63. The summed E-state index contributed by atoms with van der Waals surface area (Å²) in [5, 5.41) is 9.86. The summed E-state index contributed by atoms with van der Waals surface area (Å²) in [5.74, 6) is 1.29. The van der Waals surface area contributed by atoms with Gasteiger partial charge in [0.1, 0.15) is 5.75 Å². The van der Waals surface area contributed by atoms with Gasteiger partial charge in [-0.25, -0.2) is 0 Å². The molecule has 1 aromatic rings. The molecule has 0 aliphatic carbocycles. The predicted octanol–water partition coefficient (Wildman–Crippen LogP) is 3.32. The standard InChI is InChI=1S/C15H23NO/c1-12-4-3-8-16(9-7-12)11-14-10-13(2)5-6-15(14)17/h5-6,10,12,17H,3-4,7-9,11H2,1-2H3. The van der Waals surface area contributed by atoms with Gasteiger partial charge in [-0.1, -0.05) is 24.6 Å². The molecule has 1 atom stereocenters. The number of likely N-dealkylation sites (tertiary alicyclic amines) is 1. The summed E-state index contributed by atoms with van der Waals surface area (Å²) in [4.78, 5) is 2.47. The Morgan fingerprint density at radius 2 is 2.12 bits per heavy atom. The second kappa shape index (κ2) is 5.54.